The molecular weight excluding hydrogens is 342 g/mol. The molecule has 0 fully saturated rings. The standard InChI is InChI=1S/C22H43NO.2C2H4/c1-2-3-4-5-6-7-8-9-10-11-12-13-14-15-16-17-18-19-20-21-22(23)24;2*1-2/h9-10H,2-8,11-21H2,1H3,(H2,23,24);2*1-2H2/b10-9-;;. The van der Waals surface area contributed by atoms with E-state index >= 15 is 0 Å². The van der Waals surface area contributed by atoms with Gasteiger partial charge in [-0.05, 0) is 32.1 Å². The van der Waals surface area contributed by atoms with Gasteiger partial charge in [0.1, 0.15) is 0 Å². The number of unbranched alkanes of at least 4 members (excludes halogenated alkanes) is 15. The molecule has 0 aromatic carbocycles. The molecule has 0 rings (SSSR count). The Morgan fingerprint density at radius 2 is 0.929 bits per heavy atom. The van der Waals surface area contributed by atoms with Gasteiger partial charge >= 0.3 is 0 Å². The van der Waals surface area contributed by atoms with Crippen LogP contribution in [0.25, 0.3) is 0 Å². The van der Waals surface area contributed by atoms with E-state index in [0.29, 0.717) is 6.42 Å². The van der Waals surface area contributed by atoms with Crippen molar-refractivity contribution in [2.24, 2.45) is 5.73 Å². The number of carbonyl (C=O) groups is 1. The maximum absolute atomic E-state index is 10.6. The molecule has 2 nitrogen and oxygen atoms in total. The first kappa shape index (κ1) is 31.4. The molecule has 0 saturated carbocycles. The zero-order valence-electron chi connectivity index (χ0n) is 19.2. The van der Waals surface area contributed by atoms with Crippen LogP contribution >= 0.6 is 0 Å². The summed E-state index contributed by atoms with van der Waals surface area (Å²) in [5, 5.41) is 0. The Morgan fingerprint density at radius 1 is 0.607 bits per heavy atom. The molecular formula is C26H51NO. The van der Waals surface area contributed by atoms with Crippen molar-refractivity contribution < 1.29 is 4.79 Å². The summed E-state index contributed by atoms with van der Waals surface area (Å²) in [5.74, 6) is -0.156. The molecule has 0 heterocycles. The predicted octanol–water partition coefficient (Wildman–Crippen LogP) is 8.67. The van der Waals surface area contributed by atoms with E-state index < -0.39 is 0 Å². The van der Waals surface area contributed by atoms with E-state index in [1.807, 2.05) is 0 Å². The van der Waals surface area contributed by atoms with Crippen molar-refractivity contribution in [3.8, 4) is 0 Å². The highest BCUT2D eigenvalue weighted by Crippen LogP contribution is 2.12. The molecule has 0 aromatic heterocycles. The lowest BCUT2D eigenvalue weighted by atomic mass is 10.1. The second kappa shape index (κ2) is 33.3. The first-order chi connectivity index (χ1) is 13.8. The number of hydrogen-bond acceptors (Lipinski definition) is 1. The molecule has 0 atom stereocenters. The van der Waals surface area contributed by atoms with Crippen molar-refractivity contribution in [3.05, 3.63) is 38.5 Å². The summed E-state index contributed by atoms with van der Waals surface area (Å²) in [4.78, 5) is 10.6. The molecule has 2 heteroatoms. The van der Waals surface area contributed by atoms with Crippen LogP contribution in [-0.4, -0.2) is 5.91 Å². The largest absolute Gasteiger partial charge is 0.370 e. The summed E-state index contributed by atoms with van der Waals surface area (Å²) >= 11 is 0. The van der Waals surface area contributed by atoms with Gasteiger partial charge in [-0.25, -0.2) is 0 Å². The second-order valence-corrected chi connectivity index (χ2v) is 7.21. The predicted molar refractivity (Wildman–Crippen MR) is 130 cm³/mol. The Bertz CT molecular complexity index is 310. The third-order valence-electron chi connectivity index (χ3n) is 4.68. The Labute approximate surface area is 177 Å². The number of rotatable bonds is 19. The van der Waals surface area contributed by atoms with Gasteiger partial charge in [0.05, 0.1) is 0 Å². The average molecular weight is 394 g/mol. The van der Waals surface area contributed by atoms with Crippen LogP contribution in [0.5, 0.6) is 0 Å². The van der Waals surface area contributed by atoms with E-state index in [4.69, 9.17) is 5.73 Å². The highest BCUT2D eigenvalue weighted by atomic mass is 16.1. The van der Waals surface area contributed by atoms with Crippen molar-refractivity contribution in [2.45, 2.75) is 122 Å². The molecule has 0 aliphatic carbocycles. The fraction of sp³-hybridized carbons (Fsp3) is 0.731. The number of primary amides is 1. The lowest BCUT2D eigenvalue weighted by molar-refractivity contribution is -0.118. The molecule has 0 bridgehead atoms. The highest BCUT2D eigenvalue weighted by Gasteiger charge is 1.95. The van der Waals surface area contributed by atoms with Crippen molar-refractivity contribution in [1.29, 1.82) is 0 Å². The van der Waals surface area contributed by atoms with Gasteiger partial charge in [0.25, 0.3) is 0 Å². The molecule has 28 heavy (non-hydrogen) atoms. The Kier molecular flexibility index (Phi) is 37.3. The number of allylic oxidation sites excluding steroid dienone is 2. The first-order valence-electron chi connectivity index (χ1n) is 11.7. The van der Waals surface area contributed by atoms with Crippen LogP contribution in [0.3, 0.4) is 0 Å². The fourth-order valence-corrected chi connectivity index (χ4v) is 3.08. The molecule has 1 amide bonds. The topological polar surface area (TPSA) is 43.1 Å². The zero-order valence-corrected chi connectivity index (χ0v) is 19.2. The Balaban J connectivity index is -0.00000146. The average Bonchev–Trinajstić information content (AvgIpc) is 2.72. The zero-order chi connectivity index (χ0) is 21.7. The summed E-state index contributed by atoms with van der Waals surface area (Å²) in [6.45, 7) is 14.3. The third-order valence-corrected chi connectivity index (χ3v) is 4.68. The van der Waals surface area contributed by atoms with Crippen molar-refractivity contribution in [3.63, 3.8) is 0 Å². The highest BCUT2D eigenvalue weighted by molar-refractivity contribution is 5.73. The van der Waals surface area contributed by atoms with Crippen molar-refractivity contribution in [1.82, 2.24) is 0 Å². The number of amides is 1. The van der Waals surface area contributed by atoms with E-state index in [9.17, 15) is 4.79 Å². The number of carbonyl (C=O) groups excluding carboxylic acids is 1. The molecule has 0 spiro atoms. The van der Waals surface area contributed by atoms with E-state index in [2.05, 4.69) is 45.4 Å². The maximum Gasteiger partial charge on any atom is 0.217 e. The normalized spacial score (nSPS) is 10.0. The molecule has 0 aliphatic heterocycles. The SMILES string of the molecule is C=C.C=C.CCCCCCCC/C=C\CCCCCCCCCCCC(N)=O. The van der Waals surface area contributed by atoms with Crippen LogP contribution in [0, 0.1) is 0 Å². The van der Waals surface area contributed by atoms with Crippen LogP contribution in [0.15, 0.2) is 38.5 Å². The monoisotopic (exact) mass is 393 g/mol. The van der Waals surface area contributed by atoms with Gasteiger partial charge in [-0.1, -0.05) is 96.1 Å². The smallest absolute Gasteiger partial charge is 0.217 e. The number of nitrogens with two attached hydrogens (primary N) is 1. The minimum absolute atomic E-state index is 0.156. The van der Waals surface area contributed by atoms with E-state index in [-0.39, 0.29) is 5.91 Å². The second-order valence-electron chi connectivity index (χ2n) is 7.21. The van der Waals surface area contributed by atoms with Crippen LogP contribution in [-0.2, 0) is 4.79 Å². The molecule has 2 N–H and O–H groups in total. The Hall–Kier alpha value is -1.31. The molecule has 0 saturated heterocycles. The molecule has 0 aliphatic rings. The van der Waals surface area contributed by atoms with Gasteiger partial charge < -0.3 is 5.73 Å². The van der Waals surface area contributed by atoms with Gasteiger partial charge in [0, 0.05) is 6.42 Å². The summed E-state index contributed by atoms with van der Waals surface area (Å²) in [5.41, 5.74) is 5.13. The van der Waals surface area contributed by atoms with Crippen LogP contribution in [0.2, 0.25) is 0 Å². The molecule has 0 unspecified atom stereocenters. The van der Waals surface area contributed by atoms with Crippen LogP contribution < -0.4 is 5.73 Å². The van der Waals surface area contributed by atoms with Gasteiger partial charge in [-0.2, -0.15) is 0 Å². The van der Waals surface area contributed by atoms with Gasteiger partial charge in [0.15, 0.2) is 0 Å². The maximum atomic E-state index is 10.6. The van der Waals surface area contributed by atoms with Crippen molar-refractivity contribution >= 4 is 5.91 Å². The van der Waals surface area contributed by atoms with Gasteiger partial charge in [-0.15, -0.1) is 26.3 Å². The van der Waals surface area contributed by atoms with E-state index in [1.54, 1.807) is 0 Å². The summed E-state index contributed by atoms with van der Waals surface area (Å²) in [6, 6.07) is 0. The lowest BCUT2D eigenvalue weighted by Gasteiger charge is -2.01. The minimum atomic E-state index is -0.156. The third kappa shape index (κ3) is 35.7. The summed E-state index contributed by atoms with van der Waals surface area (Å²) in [7, 11) is 0. The van der Waals surface area contributed by atoms with E-state index in [1.165, 1.54) is 96.3 Å². The molecule has 166 valence electrons. The summed E-state index contributed by atoms with van der Waals surface area (Å²) in [6.07, 6.45) is 27.8. The van der Waals surface area contributed by atoms with Gasteiger partial charge in [0.2, 0.25) is 5.91 Å². The summed E-state index contributed by atoms with van der Waals surface area (Å²) < 4.78 is 0. The molecule has 0 radical (unpaired) electrons. The quantitative estimate of drug-likeness (QED) is 0.173. The van der Waals surface area contributed by atoms with Gasteiger partial charge in [-0.3, -0.25) is 4.79 Å². The van der Waals surface area contributed by atoms with Crippen LogP contribution in [0.4, 0.5) is 0 Å². The first-order valence-corrected chi connectivity index (χ1v) is 11.7. The fourth-order valence-electron chi connectivity index (χ4n) is 3.08. The lowest BCUT2D eigenvalue weighted by Crippen LogP contribution is -2.09. The minimum Gasteiger partial charge on any atom is -0.370 e. The van der Waals surface area contributed by atoms with Crippen molar-refractivity contribution in [2.75, 3.05) is 0 Å². The Morgan fingerprint density at radius 3 is 1.29 bits per heavy atom. The van der Waals surface area contributed by atoms with Crippen LogP contribution in [0.1, 0.15) is 122 Å². The van der Waals surface area contributed by atoms with E-state index in [0.717, 1.165) is 12.8 Å². The molecule has 0 aromatic rings. The number of hydrogen-bond donors (Lipinski definition) is 1.